The Morgan fingerprint density at radius 1 is 0.969 bits per heavy atom. The van der Waals surface area contributed by atoms with Crippen LogP contribution in [0.25, 0.3) is 0 Å². The number of ether oxygens (including phenoxy) is 2. The molecule has 8 atom stereocenters. The molecule has 4 nitrogen and oxygen atoms in total. The molecule has 32 heavy (non-hydrogen) atoms. The van der Waals surface area contributed by atoms with E-state index in [4.69, 9.17) is 13.9 Å². The molecule has 5 heteroatoms. The number of aliphatic hydroxyl groups is 1. The smallest absolute Gasteiger partial charge is 0.192 e. The lowest BCUT2D eigenvalue weighted by atomic mass is 9.44. The summed E-state index contributed by atoms with van der Waals surface area (Å²) >= 11 is 0. The van der Waals surface area contributed by atoms with Crippen LogP contribution < -0.4 is 0 Å². The Kier molecular flexibility index (Phi) is 5.59. The van der Waals surface area contributed by atoms with E-state index in [0.29, 0.717) is 43.0 Å². The summed E-state index contributed by atoms with van der Waals surface area (Å²) < 4.78 is 19.4. The normalized spacial score (nSPS) is 48.4. The average Bonchev–Trinajstić information content (AvgIpc) is 3.27. The molecule has 0 bridgehead atoms. The van der Waals surface area contributed by atoms with Gasteiger partial charge >= 0.3 is 0 Å². The second-order valence-corrected chi connectivity index (χ2v) is 18.8. The molecule has 0 radical (unpaired) electrons. The van der Waals surface area contributed by atoms with Gasteiger partial charge in [-0.15, -0.1) is 0 Å². The quantitative estimate of drug-likeness (QED) is 0.499. The summed E-state index contributed by atoms with van der Waals surface area (Å²) in [6.45, 7) is 18.1. The summed E-state index contributed by atoms with van der Waals surface area (Å²) in [7, 11) is -1.74. The van der Waals surface area contributed by atoms with Crippen molar-refractivity contribution < 1.29 is 19.0 Å². The molecule has 5 fully saturated rings. The molecule has 0 aromatic rings. The fourth-order valence-electron chi connectivity index (χ4n) is 8.92. The SMILES string of the molecule is CC(C)(C)[Si](C)(C)O[C@@H]1CC[C@]2(C)C3C(CC[C@@H]2C1)C1CCC2(OCCO2)[C@@]1(C)C[C@H]3O. The maximum atomic E-state index is 11.7. The predicted molar refractivity (Wildman–Crippen MR) is 130 cm³/mol. The molecule has 184 valence electrons. The zero-order valence-electron chi connectivity index (χ0n) is 21.7. The molecular formula is C27H48O4Si. The minimum absolute atomic E-state index is 0.0457. The third-order valence-corrected chi connectivity index (χ3v) is 16.1. The average molecular weight is 465 g/mol. The van der Waals surface area contributed by atoms with Crippen LogP contribution >= 0.6 is 0 Å². The minimum Gasteiger partial charge on any atom is -0.414 e. The number of hydrogen-bond donors (Lipinski definition) is 1. The van der Waals surface area contributed by atoms with E-state index in [1.165, 1.54) is 32.1 Å². The third kappa shape index (κ3) is 3.27. The van der Waals surface area contributed by atoms with E-state index in [-0.39, 0.29) is 22.0 Å². The van der Waals surface area contributed by atoms with E-state index in [9.17, 15) is 5.11 Å². The molecular weight excluding hydrogens is 416 g/mol. The minimum atomic E-state index is -1.74. The van der Waals surface area contributed by atoms with E-state index >= 15 is 0 Å². The van der Waals surface area contributed by atoms with Crippen molar-refractivity contribution in [1.29, 1.82) is 0 Å². The van der Waals surface area contributed by atoms with Crippen LogP contribution in [-0.4, -0.2) is 44.6 Å². The van der Waals surface area contributed by atoms with Crippen LogP contribution in [-0.2, 0) is 13.9 Å². The third-order valence-electron chi connectivity index (χ3n) is 11.6. The highest BCUT2D eigenvalue weighted by atomic mass is 28.4. The van der Waals surface area contributed by atoms with Crippen molar-refractivity contribution in [3.05, 3.63) is 0 Å². The Balaban J connectivity index is 1.35. The van der Waals surface area contributed by atoms with E-state index in [0.717, 1.165) is 19.3 Å². The van der Waals surface area contributed by atoms with Gasteiger partial charge in [0.15, 0.2) is 14.1 Å². The van der Waals surface area contributed by atoms with E-state index in [1.54, 1.807) is 0 Å². The van der Waals surface area contributed by atoms with Crippen molar-refractivity contribution in [2.24, 2.45) is 34.5 Å². The molecule has 1 heterocycles. The first-order valence-corrected chi connectivity index (χ1v) is 16.4. The molecule has 0 aromatic carbocycles. The van der Waals surface area contributed by atoms with Crippen LogP contribution in [0, 0.1) is 34.5 Å². The van der Waals surface area contributed by atoms with Crippen molar-refractivity contribution in [2.75, 3.05) is 13.2 Å². The Labute approximate surface area is 197 Å². The lowest BCUT2D eigenvalue weighted by Crippen LogP contribution is -2.62. The van der Waals surface area contributed by atoms with Crippen LogP contribution in [0.1, 0.15) is 86.0 Å². The van der Waals surface area contributed by atoms with E-state index < -0.39 is 14.1 Å². The second-order valence-electron chi connectivity index (χ2n) is 14.0. The molecule has 1 saturated heterocycles. The first kappa shape index (κ1) is 23.8. The standard InChI is InChI=1S/C27H48O4Si/c1-24(2,3)32(6,7)31-19-10-12-25(4)18(16-19)8-9-20-21-11-13-27(29-14-15-30-27)26(21,5)17-22(28)23(20)25/h18-23,28H,8-17H2,1-7H3/t18-,19-,20?,21?,22-,23?,25+,26+/m1/s1. The lowest BCUT2D eigenvalue weighted by molar-refractivity contribution is -0.265. The van der Waals surface area contributed by atoms with Gasteiger partial charge in [0.2, 0.25) is 0 Å². The van der Waals surface area contributed by atoms with Gasteiger partial charge in [0, 0.05) is 17.9 Å². The largest absolute Gasteiger partial charge is 0.414 e. The van der Waals surface area contributed by atoms with Crippen LogP contribution in [0.3, 0.4) is 0 Å². The molecule has 5 aliphatic rings. The van der Waals surface area contributed by atoms with Crippen molar-refractivity contribution in [1.82, 2.24) is 0 Å². The molecule has 0 amide bonds. The van der Waals surface area contributed by atoms with Gasteiger partial charge in [-0.25, -0.2) is 0 Å². The number of rotatable bonds is 2. The summed E-state index contributed by atoms with van der Waals surface area (Å²) in [5.41, 5.74) is 0.194. The molecule has 3 unspecified atom stereocenters. The zero-order chi connectivity index (χ0) is 23.2. The Morgan fingerprint density at radius 3 is 2.31 bits per heavy atom. The monoisotopic (exact) mass is 464 g/mol. The van der Waals surface area contributed by atoms with Crippen LogP contribution in [0.2, 0.25) is 18.1 Å². The summed E-state index contributed by atoms with van der Waals surface area (Å²) in [6, 6.07) is 0. The molecule has 4 aliphatic carbocycles. The topological polar surface area (TPSA) is 47.9 Å². The van der Waals surface area contributed by atoms with Gasteiger partial charge in [0.05, 0.1) is 19.3 Å². The fraction of sp³-hybridized carbons (Fsp3) is 1.00. The molecule has 0 aromatic heterocycles. The van der Waals surface area contributed by atoms with Gasteiger partial charge in [0.1, 0.15) is 0 Å². The molecule has 4 saturated carbocycles. The first-order valence-electron chi connectivity index (χ1n) is 13.5. The van der Waals surface area contributed by atoms with Crippen LogP contribution in [0.4, 0.5) is 0 Å². The number of hydrogen-bond acceptors (Lipinski definition) is 4. The molecule has 1 aliphatic heterocycles. The molecule has 1 spiro atoms. The van der Waals surface area contributed by atoms with Crippen molar-refractivity contribution in [2.45, 2.75) is 122 Å². The van der Waals surface area contributed by atoms with Crippen molar-refractivity contribution >= 4 is 8.32 Å². The highest BCUT2D eigenvalue weighted by molar-refractivity contribution is 6.74. The number of aliphatic hydroxyl groups excluding tert-OH is 1. The fourth-order valence-corrected chi connectivity index (χ4v) is 10.3. The zero-order valence-corrected chi connectivity index (χ0v) is 22.7. The molecule has 5 rings (SSSR count). The number of fused-ring (bicyclic) bond motifs is 6. The maximum Gasteiger partial charge on any atom is 0.192 e. The van der Waals surface area contributed by atoms with Gasteiger partial charge in [-0.2, -0.15) is 0 Å². The predicted octanol–water partition coefficient (Wildman–Crippen LogP) is 6.13. The molecule has 1 N–H and O–H groups in total. The Bertz CT molecular complexity index is 726. The summed E-state index contributed by atoms with van der Waals surface area (Å²) in [6.07, 6.45) is 9.32. The van der Waals surface area contributed by atoms with Crippen LogP contribution in [0.15, 0.2) is 0 Å². The van der Waals surface area contributed by atoms with E-state index in [2.05, 4.69) is 47.7 Å². The van der Waals surface area contributed by atoms with Gasteiger partial charge in [-0.05, 0) is 92.2 Å². The second kappa shape index (κ2) is 7.53. The van der Waals surface area contributed by atoms with Gasteiger partial charge in [-0.3, -0.25) is 0 Å². The van der Waals surface area contributed by atoms with Gasteiger partial charge in [0.25, 0.3) is 0 Å². The lowest BCUT2D eigenvalue weighted by Gasteiger charge is -2.63. The first-order chi connectivity index (χ1) is 14.8. The van der Waals surface area contributed by atoms with Crippen molar-refractivity contribution in [3.63, 3.8) is 0 Å². The Morgan fingerprint density at radius 2 is 1.66 bits per heavy atom. The van der Waals surface area contributed by atoms with Crippen molar-refractivity contribution in [3.8, 4) is 0 Å². The van der Waals surface area contributed by atoms with E-state index in [1.807, 2.05) is 0 Å². The highest BCUT2D eigenvalue weighted by Gasteiger charge is 2.69. The maximum absolute atomic E-state index is 11.7. The van der Waals surface area contributed by atoms with Gasteiger partial charge < -0.3 is 19.0 Å². The van der Waals surface area contributed by atoms with Gasteiger partial charge in [-0.1, -0.05) is 34.6 Å². The summed E-state index contributed by atoms with van der Waals surface area (Å²) in [4.78, 5) is 0. The Hall–Kier alpha value is 0.0569. The van der Waals surface area contributed by atoms with Crippen LogP contribution in [0.5, 0.6) is 0 Å². The summed E-state index contributed by atoms with van der Waals surface area (Å²) in [5.74, 6) is 1.89. The summed E-state index contributed by atoms with van der Waals surface area (Å²) in [5, 5.41) is 12.0. The highest BCUT2D eigenvalue weighted by Crippen LogP contribution is 2.69.